The second-order valence-electron chi connectivity index (χ2n) is 6.07. The minimum absolute atomic E-state index is 0.823. The van der Waals surface area contributed by atoms with Crippen molar-refractivity contribution in [3.8, 4) is 0 Å². The largest absolute Gasteiger partial charge is 0.378 e. The van der Waals surface area contributed by atoms with Crippen LogP contribution in [0, 0.1) is 34.6 Å². The fraction of sp³-hybridized carbons (Fsp3) is 0.316. The molecule has 0 amide bonds. The Hall–Kier alpha value is -2.29. The minimum Gasteiger partial charge on any atom is -0.378 e. The molecule has 0 aliphatic heterocycles. The molecule has 0 radical (unpaired) electrons. The topological polar surface area (TPSA) is 29.3 Å². The number of hydrogen-bond donors (Lipinski definition) is 1. The number of pyridine rings is 1. The fourth-order valence-electron chi connectivity index (χ4n) is 2.95. The molecular weight excluding hydrogens is 270 g/mol. The van der Waals surface area contributed by atoms with Crippen LogP contribution in [-0.2, 0) is 6.54 Å². The highest BCUT2D eigenvalue weighted by Crippen LogP contribution is 2.25. The van der Waals surface area contributed by atoms with E-state index < -0.39 is 0 Å². The SMILES string of the molecule is Cc1cccc(C)c1CNc1c(C)ccn2c(C)c(C)nc12. The third-order valence-electron chi connectivity index (χ3n) is 4.56. The maximum absolute atomic E-state index is 4.73. The van der Waals surface area contributed by atoms with Crippen LogP contribution in [0.4, 0.5) is 5.69 Å². The predicted octanol–water partition coefficient (Wildman–Crippen LogP) is 4.49. The molecular formula is C19H23N3. The molecule has 0 fully saturated rings. The molecule has 114 valence electrons. The maximum Gasteiger partial charge on any atom is 0.161 e. The first kappa shape index (κ1) is 14.6. The average Bonchev–Trinajstić information content (AvgIpc) is 2.76. The summed E-state index contributed by atoms with van der Waals surface area (Å²) < 4.78 is 2.16. The first-order valence-corrected chi connectivity index (χ1v) is 7.73. The Morgan fingerprint density at radius 2 is 1.64 bits per heavy atom. The molecule has 0 saturated carbocycles. The lowest BCUT2D eigenvalue weighted by atomic mass is 10.0. The Labute approximate surface area is 132 Å². The molecule has 0 atom stereocenters. The van der Waals surface area contributed by atoms with E-state index in [2.05, 4.69) is 74.8 Å². The standard InChI is InChI=1S/C19H23N3/c1-12-7-6-8-13(2)17(12)11-20-18-14(3)9-10-22-16(5)15(4)21-19(18)22/h6-10,20H,11H2,1-5H3. The van der Waals surface area contributed by atoms with E-state index in [9.17, 15) is 0 Å². The Balaban J connectivity index is 2.01. The number of aryl methyl sites for hydroxylation is 5. The molecule has 1 aromatic carbocycles. The van der Waals surface area contributed by atoms with E-state index in [1.807, 2.05) is 0 Å². The molecule has 0 aliphatic carbocycles. The summed E-state index contributed by atoms with van der Waals surface area (Å²) in [6.07, 6.45) is 2.10. The van der Waals surface area contributed by atoms with Gasteiger partial charge in [-0.05, 0) is 62.9 Å². The molecule has 2 aromatic heterocycles. The van der Waals surface area contributed by atoms with Gasteiger partial charge in [0.1, 0.15) is 0 Å². The molecule has 3 nitrogen and oxygen atoms in total. The summed E-state index contributed by atoms with van der Waals surface area (Å²) in [6.45, 7) is 11.5. The summed E-state index contributed by atoms with van der Waals surface area (Å²) in [4.78, 5) is 4.73. The van der Waals surface area contributed by atoms with Gasteiger partial charge >= 0.3 is 0 Å². The fourth-order valence-corrected chi connectivity index (χ4v) is 2.95. The van der Waals surface area contributed by atoms with Gasteiger partial charge in [-0.15, -0.1) is 0 Å². The number of benzene rings is 1. The Kier molecular flexibility index (Phi) is 3.65. The Bertz CT molecular complexity index is 823. The molecule has 0 saturated heterocycles. The van der Waals surface area contributed by atoms with Crippen molar-refractivity contribution < 1.29 is 0 Å². The number of aromatic nitrogens is 2. The number of fused-ring (bicyclic) bond motifs is 1. The number of imidazole rings is 1. The Morgan fingerprint density at radius 1 is 0.955 bits per heavy atom. The highest BCUT2D eigenvalue weighted by atomic mass is 15.1. The number of hydrogen-bond acceptors (Lipinski definition) is 2. The third kappa shape index (κ3) is 2.37. The summed E-state index contributed by atoms with van der Waals surface area (Å²) in [6, 6.07) is 8.60. The lowest BCUT2D eigenvalue weighted by molar-refractivity contribution is 1.06. The molecule has 2 heterocycles. The van der Waals surface area contributed by atoms with E-state index in [4.69, 9.17) is 4.98 Å². The van der Waals surface area contributed by atoms with Crippen molar-refractivity contribution in [2.45, 2.75) is 41.2 Å². The van der Waals surface area contributed by atoms with Crippen LogP contribution in [0.5, 0.6) is 0 Å². The van der Waals surface area contributed by atoms with Crippen molar-refractivity contribution in [1.29, 1.82) is 0 Å². The summed E-state index contributed by atoms with van der Waals surface area (Å²) in [5.74, 6) is 0. The first-order valence-electron chi connectivity index (χ1n) is 7.73. The zero-order chi connectivity index (χ0) is 15.9. The monoisotopic (exact) mass is 293 g/mol. The molecule has 3 heteroatoms. The van der Waals surface area contributed by atoms with Gasteiger partial charge in [0.2, 0.25) is 0 Å². The van der Waals surface area contributed by atoms with Gasteiger partial charge in [0.05, 0.1) is 11.4 Å². The predicted molar refractivity (Wildman–Crippen MR) is 92.6 cm³/mol. The number of anilines is 1. The molecule has 0 aliphatic rings. The highest BCUT2D eigenvalue weighted by molar-refractivity contribution is 5.72. The number of nitrogens with one attached hydrogen (secondary N) is 1. The van der Waals surface area contributed by atoms with Crippen LogP contribution in [0.25, 0.3) is 5.65 Å². The Morgan fingerprint density at radius 3 is 2.32 bits per heavy atom. The van der Waals surface area contributed by atoms with Gasteiger partial charge in [0.15, 0.2) is 5.65 Å². The van der Waals surface area contributed by atoms with Gasteiger partial charge in [-0.1, -0.05) is 18.2 Å². The molecule has 1 N–H and O–H groups in total. The molecule has 0 unspecified atom stereocenters. The molecule has 0 spiro atoms. The van der Waals surface area contributed by atoms with E-state index in [1.54, 1.807) is 0 Å². The minimum atomic E-state index is 0.823. The van der Waals surface area contributed by atoms with E-state index in [1.165, 1.54) is 27.9 Å². The first-order chi connectivity index (χ1) is 10.5. The zero-order valence-electron chi connectivity index (χ0n) is 14.0. The van der Waals surface area contributed by atoms with Crippen molar-refractivity contribution in [2.24, 2.45) is 0 Å². The van der Waals surface area contributed by atoms with Gasteiger partial charge in [0, 0.05) is 18.4 Å². The third-order valence-corrected chi connectivity index (χ3v) is 4.56. The highest BCUT2D eigenvalue weighted by Gasteiger charge is 2.11. The van der Waals surface area contributed by atoms with Crippen LogP contribution in [0.1, 0.15) is 33.6 Å². The van der Waals surface area contributed by atoms with Crippen molar-refractivity contribution in [1.82, 2.24) is 9.38 Å². The smallest absolute Gasteiger partial charge is 0.161 e. The number of nitrogens with zero attached hydrogens (tertiary/aromatic N) is 2. The van der Waals surface area contributed by atoms with E-state index >= 15 is 0 Å². The van der Waals surface area contributed by atoms with Gasteiger partial charge in [0.25, 0.3) is 0 Å². The molecule has 0 bridgehead atoms. The van der Waals surface area contributed by atoms with Gasteiger partial charge in [-0.3, -0.25) is 0 Å². The normalized spacial score (nSPS) is 11.1. The summed E-state index contributed by atoms with van der Waals surface area (Å²) >= 11 is 0. The lowest BCUT2D eigenvalue weighted by Gasteiger charge is -2.14. The van der Waals surface area contributed by atoms with Crippen LogP contribution in [0.15, 0.2) is 30.5 Å². The second kappa shape index (κ2) is 5.48. The van der Waals surface area contributed by atoms with Crippen LogP contribution >= 0.6 is 0 Å². The van der Waals surface area contributed by atoms with Crippen molar-refractivity contribution in [3.63, 3.8) is 0 Å². The van der Waals surface area contributed by atoms with Crippen molar-refractivity contribution in [2.75, 3.05) is 5.32 Å². The second-order valence-corrected chi connectivity index (χ2v) is 6.07. The van der Waals surface area contributed by atoms with Crippen molar-refractivity contribution in [3.05, 3.63) is 64.1 Å². The summed E-state index contributed by atoms with van der Waals surface area (Å²) in [5.41, 5.74) is 9.67. The lowest BCUT2D eigenvalue weighted by Crippen LogP contribution is -2.06. The van der Waals surface area contributed by atoms with Gasteiger partial charge in [-0.25, -0.2) is 4.98 Å². The summed E-state index contributed by atoms with van der Waals surface area (Å²) in [7, 11) is 0. The van der Waals surface area contributed by atoms with E-state index in [0.717, 1.165) is 23.6 Å². The summed E-state index contributed by atoms with van der Waals surface area (Å²) in [5, 5.41) is 3.61. The maximum atomic E-state index is 4.73. The van der Waals surface area contributed by atoms with E-state index in [0.29, 0.717) is 0 Å². The van der Waals surface area contributed by atoms with Crippen LogP contribution in [0.3, 0.4) is 0 Å². The van der Waals surface area contributed by atoms with E-state index in [-0.39, 0.29) is 0 Å². The molecule has 3 rings (SSSR count). The zero-order valence-corrected chi connectivity index (χ0v) is 14.0. The molecule has 3 aromatic rings. The van der Waals surface area contributed by atoms with Crippen LogP contribution in [-0.4, -0.2) is 9.38 Å². The average molecular weight is 293 g/mol. The van der Waals surface area contributed by atoms with Crippen molar-refractivity contribution >= 4 is 11.3 Å². The van der Waals surface area contributed by atoms with Crippen LogP contribution < -0.4 is 5.32 Å². The quantitative estimate of drug-likeness (QED) is 0.771. The van der Waals surface area contributed by atoms with Crippen LogP contribution in [0.2, 0.25) is 0 Å². The molecule has 22 heavy (non-hydrogen) atoms. The number of rotatable bonds is 3. The van der Waals surface area contributed by atoms with Gasteiger partial charge < -0.3 is 9.72 Å². The van der Waals surface area contributed by atoms with Gasteiger partial charge in [-0.2, -0.15) is 0 Å².